The lowest BCUT2D eigenvalue weighted by molar-refractivity contribution is -0.144. The van der Waals surface area contributed by atoms with Crippen LogP contribution in [0.3, 0.4) is 0 Å². The number of amides is 1. The van der Waals surface area contributed by atoms with Crippen molar-refractivity contribution >= 4 is 35.1 Å². The second-order valence-corrected chi connectivity index (χ2v) is 7.99. The first-order valence-electron chi connectivity index (χ1n) is 9.59. The van der Waals surface area contributed by atoms with E-state index in [9.17, 15) is 14.4 Å². The summed E-state index contributed by atoms with van der Waals surface area (Å²) in [4.78, 5) is 36.5. The largest absolute Gasteiger partial charge is 0.482 e. The number of carbonyl (C=O) groups is 3. The molecule has 0 fully saturated rings. The van der Waals surface area contributed by atoms with E-state index < -0.39 is 12.6 Å². The Bertz CT molecular complexity index is 939. The molecule has 0 heterocycles. The fraction of sp³-hybridized carbons (Fsp3) is 0.348. The van der Waals surface area contributed by atoms with Crippen molar-refractivity contribution in [3.05, 3.63) is 53.1 Å². The first kappa shape index (κ1) is 23.5. The van der Waals surface area contributed by atoms with Gasteiger partial charge in [0.2, 0.25) is 5.91 Å². The quantitative estimate of drug-likeness (QED) is 0.356. The number of rotatable bonds is 9. The summed E-state index contributed by atoms with van der Waals surface area (Å²) < 4.78 is 10.5. The van der Waals surface area contributed by atoms with Crippen molar-refractivity contribution in [1.82, 2.24) is 0 Å². The highest BCUT2D eigenvalue weighted by atomic mass is 32.2. The van der Waals surface area contributed by atoms with E-state index in [0.29, 0.717) is 22.9 Å². The lowest BCUT2D eigenvalue weighted by Crippen LogP contribution is -2.19. The van der Waals surface area contributed by atoms with Crippen LogP contribution in [0.4, 0.5) is 5.69 Å². The average Bonchev–Trinajstić information content (AvgIpc) is 2.69. The minimum Gasteiger partial charge on any atom is -0.482 e. The van der Waals surface area contributed by atoms with Crippen LogP contribution in [0.15, 0.2) is 41.3 Å². The molecule has 0 unspecified atom stereocenters. The Hall–Kier alpha value is -2.80. The van der Waals surface area contributed by atoms with Crippen LogP contribution in [-0.2, 0) is 14.3 Å². The van der Waals surface area contributed by atoms with Crippen molar-refractivity contribution in [2.45, 2.75) is 38.5 Å². The Morgan fingerprint density at radius 1 is 1.07 bits per heavy atom. The molecule has 0 saturated heterocycles. The van der Waals surface area contributed by atoms with Crippen molar-refractivity contribution in [3.63, 3.8) is 0 Å². The van der Waals surface area contributed by atoms with E-state index >= 15 is 0 Å². The normalized spacial score (nSPS) is 10.6. The molecule has 160 valence electrons. The Morgan fingerprint density at radius 2 is 1.80 bits per heavy atom. The van der Waals surface area contributed by atoms with Gasteiger partial charge in [-0.25, -0.2) is 4.79 Å². The van der Waals surface area contributed by atoms with Gasteiger partial charge in [0.05, 0.1) is 5.69 Å². The lowest BCUT2D eigenvalue weighted by Gasteiger charge is -2.12. The number of ether oxygens (including phenoxy) is 2. The number of esters is 1. The van der Waals surface area contributed by atoms with Gasteiger partial charge in [0, 0.05) is 17.4 Å². The number of aryl methyl sites for hydroxylation is 1. The minimum atomic E-state index is -0.628. The van der Waals surface area contributed by atoms with Crippen molar-refractivity contribution in [3.8, 4) is 5.75 Å². The van der Waals surface area contributed by atoms with Gasteiger partial charge < -0.3 is 14.8 Å². The standard InChI is InChI=1S/C23H27NO5S/c1-14(2)19-8-7-18(10-15(19)3)28-13-23(27)29-12-21(26)17-6-9-22(30-5)20(11-17)24-16(4)25/h6-11,14H,12-13H2,1-5H3,(H,24,25). The zero-order valence-electron chi connectivity index (χ0n) is 17.9. The monoisotopic (exact) mass is 429 g/mol. The van der Waals surface area contributed by atoms with E-state index in [4.69, 9.17) is 9.47 Å². The van der Waals surface area contributed by atoms with E-state index in [1.54, 1.807) is 18.2 Å². The van der Waals surface area contributed by atoms with Crippen LogP contribution in [-0.4, -0.2) is 37.1 Å². The summed E-state index contributed by atoms with van der Waals surface area (Å²) in [6.07, 6.45) is 1.88. The Labute approximate surface area is 181 Å². The number of nitrogens with one attached hydrogen (secondary N) is 1. The highest BCUT2D eigenvalue weighted by Gasteiger charge is 2.14. The van der Waals surface area contributed by atoms with Crippen molar-refractivity contribution in [1.29, 1.82) is 0 Å². The van der Waals surface area contributed by atoms with Crippen LogP contribution in [0.25, 0.3) is 0 Å². The molecule has 30 heavy (non-hydrogen) atoms. The SMILES string of the molecule is CSc1ccc(C(=O)COC(=O)COc2ccc(C(C)C)c(C)c2)cc1NC(C)=O. The molecule has 2 aromatic rings. The van der Waals surface area contributed by atoms with Crippen molar-refractivity contribution in [2.24, 2.45) is 0 Å². The zero-order chi connectivity index (χ0) is 22.3. The number of hydrogen-bond donors (Lipinski definition) is 1. The maximum Gasteiger partial charge on any atom is 0.344 e. The third-order valence-electron chi connectivity index (χ3n) is 4.42. The molecule has 1 amide bonds. The highest BCUT2D eigenvalue weighted by molar-refractivity contribution is 7.98. The van der Waals surface area contributed by atoms with E-state index in [2.05, 4.69) is 19.2 Å². The van der Waals surface area contributed by atoms with Gasteiger partial charge in [-0.3, -0.25) is 9.59 Å². The third-order valence-corrected chi connectivity index (χ3v) is 5.21. The number of hydrogen-bond acceptors (Lipinski definition) is 6. The number of anilines is 1. The molecule has 0 radical (unpaired) electrons. The van der Waals surface area contributed by atoms with Crippen LogP contribution in [0.5, 0.6) is 5.75 Å². The zero-order valence-corrected chi connectivity index (χ0v) is 18.7. The van der Waals surface area contributed by atoms with E-state index in [1.807, 2.05) is 31.4 Å². The molecule has 2 rings (SSSR count). The molecule has 0 aliphatic heterocycles. The lowest BCUT2D eigenvalue weighted by atomic mass is 9.98. The summed E-state index contributed by atoms with van der Waals surface area (Å²) in [5.41, 5.74) is 3.22. The van der Waals surface area contributed by atoms with Crippen LogP contribution in [0.1, 0.15) is 48.2 Å². The van der Waals surface area contributed by atoms with Gasteiger partial charge in [0.15, 0.2) is 19.0 Å². The summed E-state index contributed by atoms with van der Waals surface area (Å²) in [5.74, 6) is -0.231. The molecule has 7 heteroatoms. The summed E-state index contributed by atoms with van der Waals surface area (Å²) >= 11 is 1.46. The number of thioether (sulfide) groups is 1. The molecule has 0 spiro atoms. The minimum absolute atomic E-state index is 0.227. The summed E-state index contributed by atoms with van der Waals surface area (Å²) in [5, 5.41) is 2.70. The second kappa shape index (κ2) is 10.8. The third kappa shape index (κ3) is 6.62. The number of carbonyl (C=O) groups excluding carboxylic acids is 3. The molecule has 6 nitrogen and oxygen atoms in total. The Morgan fingerprint density at radius 3 is 2.40 bits per heavy atom. The maximum atomic E-state index is 12.4. The molecule has 2 aromatic carbocycles. The van der Waals surface area contributed by atoms with Gasteiger partial charge in [-0.2, -0.15) is 0 Å². The van der Waals surface area contributed by atoms with Gasteiger partial charge in [0.1, 0.15) is 5.75 Å². The number of Topliss-reactive ketones (excluding diaryl/α,β-unsaturated/α-hetero) is 1. The Kier molecular flexibility index (Phi) is 8.47. The van der Waals surface area contributed by atoms with E-state index in [-0.39, 0.29) is 18.3 Å². The van der Waals surface area contributed by atoms with Crippen molar-refractivity contribution in [2.75, 3.05) is 24.8 Å². The number of ketones is 1. The molecule has 0 aliphatic carbocycles. The topological polar surface area (TPSA) is 81.7 Å². The van der Waals surface area contributed by atoms with Gasteiger partial charge in [-0.05, 0) is 54.5 Å². The van der Waals surface area contributed by atoms with Crippen molar-refractivity contribution < 1.29 is 23.9 Å². The molecule has 0 aliphatic rings. The summed E-state index contributed by atoms with van der Waals surface area (Å²) in [6.45, 7) is 6.95. The molecule has 0 bridgehead atoms. The number of benzene rings is 2. The second-order valence-electron chi connectivity index (χ2n) is 7.14. The molecule has 0 atom stereocenters. The fourth-order valence-electron chi connectivity index (χ4n) is 2.97. The first-order chi connectivity index (χ1) is 14.2. The maximum absolute atomic E-state index is 12.4. The van der Waals surface area contributed by atoms with Gasteiger partial charge in [0.25, 0.3) is 0 Å². The van der Waals surface area contributed by atoms with Crippen LogP contribution < -0.4 is 10.1 Å². The highest BCUT2D eigenvalue weighted by Crippen LogP contribution is 2.27. The first-order valence-corrected chi connectivity index (χ1v) is 10.8. The van der Waals surface area contributed by atoms with Crippen LogP contribution in [0, 0.1) is 6.92 Å². The molecule has 1 N–H and O–H groups in total. The smallest absolute Gasteiger partial charge is 0.344 e. The van der Waals surface area contributed by atoms with E-state index in [1.165, 1.54) is 24.2 Å². The molecule has 0 saturated carbocycles. The van der Waals surface area contributed by atoms with Gasteiger partial charge in [-0.15, -0.1) is 11.8 Å². The molecular formula is C23H27NO5S. The van der Waals surface area contributed by atoms with Crippen LogP contribution in [0.2, 0.25) is 0 Å². The predicted octanol–water partition coefficient (Wildman–Crippen LogP) is 4.60. The van der Waals surface area contributed by atoms with Gasteiger partial charge >= 0.3 is 5.97 Å². The summed E-state index contributed by atoms with van der Waals surface area (Å²) in [7, 11) is 0. The van der Waals surface area contributed by atoms with Gasteiger partial charge in [-0.1, -0.05) is 26.0 Å². The fourth-order valence-corrected chi connectivity index (χ4v) is 3.50. The predicted molar refractivity (Wildman–Crippen MR) is 119 cm³/mol. The molecular weight excluding hydrogens is 402 g/mol. The molecule has 0 aromatic heterocycles. The van der Waals surface area contributed by atoms with E-state index in [0.717, 1.165) is 10.5 Å². The summed E-state index contributed by atoms with van der Waals surface area (Å²) in [6, 6.07) is 10.6. The average molecular weight is 430 g/mol. The Balaban J connectivity index is 1.91. The van der Waals surface area contributed by atoms with Crippen LogP contribution >= 0.6 is 11.8 Å².